The third-order valence-electron chi connectivity index (χ3n) is 6.12. The van der Waals surface area contributed by atoms with Crippen LogP contribution in [0.1, 0.15) is 36.5 Å². The van der Waals surface area contributed by atoms with Crippen LogP contribution < -0.4 is 10.6 Å². The summed E-state index contributed by atoms with van der Waals surface area (Å²) in [6, 6.07) is 16.8. The van der Waals surface area contributed by atoms with Crippen molar-refractivity contribution in [2.45, 2.75) is 26.3 Å². The zero-order chi connectivity index (χ0) is 22.5. The molecule has 0 saturated carbocycles. The van der Waals surface area contributed by atoms with Gasteiger partial charge in [0, 0.05) is 48.4 Å². The normalized spacial score (nSPS) is 14.8. The van der Waals surface area contributed by atoms with Gasteiger partial charge in [0.1, 0.15) is 5.82 Å². The van der Waals surface area contributed by atoms with Gasteiger partial charge in [0.05, 0.1) is 0 Å². The molecule has 164 valence electrons. The molecule has 1 fully saturated rings. The van der Waals surface area contributed by atoms with Gasteiger partial charge in [-0.3, -0.25) is 4.90 Å². The second-order valence-electron chi connectivity index (χ2n) is 8.35. The van der Waals surface area contributed by atoms with Gasteiger partial charge in [-0.25, -0.2) is 4.98 Å². The lowest BCUT2D eigenvalue weighted by Crippen LogP contribution is -2.18. The molecule has 1 aromatic heterocycles. The zero-order valence-corrected chi connectivity index (χ0v) is 18.9. The van der Waals surface area contributed by atoms with Crippen LogP contribution in [0, 0.1) is 5.41 Å². The number of likely N-dealkylation sites (tertiary alicyclic amines) is 1. The molecule has 5 heteroatoms. The summed E-state index contributed by atoms with van der Waals surface area (Å²) < 4.78 is 0. The van der Waals surface area contributed by atoms with Crippen molar-refractivity contribution in [3.8, 4) is 0 Å². The highest BCUT2D eigenvalue weighted by Crippen LogP contribution is 2.25. The van der Waals surface area contributed by atoms with Crippen molar-refractivity contribution in [3.63, 3.8) is 0 Å². The molecule has 1 aliphatic rings. The van der Waals surface area contributed by atoms with E-state index in [1.54, 1.807) is 0 Å². The highest BCUT2D eigenvalue weighted by molar-refractivity contribution is 6.10. The molecule has 1 saturated heterocycles. The van der Waals surface area contributed by atoms with Gasteiger partial charge < -0.3 is 16.0 Å². The van der Waals surface area contributed by atoms with Gasteiger partial charge in [0.25, 0.3) is 0 Å². The minimum atomic E-state index is 0.760. The molecular weight excluding hydrogens is 394 g/mol. The molecular formula is C27H31N5. The standard InChI is InChI=1S/C27H31N5/c1-19(22-8-6-7-21(13-22)18-32-11-4-5-12-32)31-27-15-25-14-23(9-10-24(25)17-30-27)26(16-28)20(2)29-3/h6-10,13-17,28-29H,1,4-5,11-12,18H2,2-3H3,(H,30,31)/b26-20+,28-16?. The lowest BCUT2D eigenvalue weighted by molar-refractivity contribution is 0.331. The summed E-state index contributed by atoms with van der Waals surface area (Å²) in [5, 5.41) is 16.4. The first kappa shape index (κ1) is 21.8. The van der Waals surface area contributed by atoms with Gasteiger partial charge >= 0.3 is 0 Å². The van der Waals surface area contributed by atoms with Crippen LogP contribution in [0.15, 0.2) is 67.0 Å². The SMILES string of the molecule is C=C(Nc1cc2cc(/C(C=N)=C(\C)NC)ccc2cn1)c1cccc(CN2CCCC2)c1. The molecule has 0 amide bonds. The fourth-order valence-corrected chi connectivity index (χ4v) is 4.20. The predicted molar refractivity (Wildman–Crippen MR) is 136 cm³/mol. The number of anilines is 1. The number of rotatable bonds is 8. The molecule has 0 unspecified atom stereocenters. The Hall–Kier alpha value is -3.44. The van der Waals surface area contributed by atoms with E-state index in [0.717, 1.165) is 51.2 Å². The summed E-state index contributed by atoms with van der Waals surface area (Å²) in [5.74, 6) is 0.760. The second kappa shape index (κ2) is 9.79. The molecule has 0 aliphatic carbocycles. The Bertz CT molecular complexity index is 1170. The van der Waals surface area contributed by atoms with Crippen LogP contribution in [0.4, 0.5) is 5.82 Å². The average Bonchev–Trinajstić information content (AvgIpc) is 3.32. The van der Waals surface area contributed by atoms with E-state index in [0.29, 0.717) is 0 Å². The lowest BCUT2D eigenvalue weighted by atomic mass is 10.0. The van der Waals surface area contributed by atoms with Crippen LogP contribution >= 0.6 is 0 Å². The Morgan fingerprint density at radius 3 is 2.66 bits per heavy atom. The van der Waals surface area contributed by atoms with Crippen LogP contribution in [-0.2, 0) is 6.54 Å². The summed E-state index contributed by atoms with van der Waals surface area (Å²) in [6.07, 6.45) is 5.87. The lowest BCUT2D eigenvalue weighted by Gasteiger charge is -2.16. The van der Waals surface area contributed by atoms with Crippen molar-refractivity contribution >= 4 is 34.1 Å². The first-order valence-electron chi connectivity index (χ1n) is 11.1. The summed E-state index contributed by atoms with van der Waals surface area (Å²) in [4.78, 5) is 7.08. The highest BCUT2D eigenvalue weighted by Gasteiger charge is 2.12. The van der Waals surface area contributed by atoms with Gasteiger partial charge in [0.2, 0.25) is 0 Å². The molecule has 2 aromatic carbocycles. The maximum Gasteiger partial charge on any atom is 0.130 e. The van der Waals surface area contributed by atoms with E-state index in [4.69, 9.17) is 5.41 Å². The first-order valence-corrected chi connectivity index (χ1v) is 11.1. The molecule has 0 atom stereocenters. The van der Waals surface area contributed by atoms with Gasteiger partial charge in [-0.15, -0.1) is 0 Å². The minimum absolute atomic E-state index is 0.760. The Morgan fingerprint density at radius 1 is 1.09 bits per heavy atom. The third-order valence-corrected chi connectivity index (χ3v) is 6.12. The molecule has 0 spiro atoms. The number of fused-ring (bicyclic) bond motifs is 1. The van der Waals surface area contributed by atoms with E-state index in [9.17, 15) is 0 Å². The van der Waals surface area contributed by atoms with E-state index < -0.39 is 0 Å². The van der Waals surface area contributed by atoms with Crippen molar-refractivity contribution in [1.82, 2.24) is 15.2 Å². The second-order valence-corrected chi connectivity index (χ2v) is 8.35. The number of hydrogen-bond acceptors (Lipinski definition) is 5. The molecule has 5 nitrogen and oxygen atoms in total. The maximum absolute atomic E-state index is 7.79. The molecule has 2 heterocycles. The van der Waals surface area contributed by atoms with Crippen molar-refractivity contribution in [1.29, 1.82) is 5.41 Å². The largest absolute Gasteiger partial charge is 0.391 e. The van der Waals surface area contributed by atoms with Crippen LogP contribution in [-0.4, -0.2) is 36.2 Å². The Kier molecular flexibility index (Phi) is 6.66. The van der Waals surface area contributed by atoms with E-state index >= 15 is 0 Å². The summed E-state index contributed by atoms with van der Waals surface area (Å²) in [5.41, 5.74) is 6.08. The molecule has 4 rings (SSSR count). The van der Waals surface area contributed by atoms with Gasteiger partial charge in [0.15, 0.2) is 0 Å². The molecule has 3 aromatic rings. The Labute approximate surface area is 190 Å². The number of allylic oxidation sites excluding steroid dienone is 2. The fraction of sp³-hybridized carbons (Fsp3) is 0.259. The number of aromatic nitrogens is 1. The smallest absolute Gasteiger partial charge is 0.130 e. The number of hydrogen-bond donors (Lipinski definition) is 3. The summed E-state index contributed by atoms with van der Waals surface area (Å²) >= 11 is 0. The quantitative estimate of drug-likeness (QED) is 0.416. The Morgan fingerprint density at radius 2 is 1.91 bits per heavy atom. The zero-order valence-electron chi connectivity index (χ0n) is 18.9. The highest BCUT2D eigenvalue weighted by atomic mass is 15.1. The number of nitrogens with one attached hydrogen (secondary N) is 3. The minimum Gasteiger partial charge on any atom is -0.391 e. The van der Waals surface area contributed by atoms with Crippen molar-refractivity contribution in [3.05, 3.63) is 83.7 Å². The van der Waals surface area contributed by atoms with E-state index in [1.807, 2.05) is 38.4 Å². The monoisotopic (exact) mass is 425 g/mol. The van der Waals surface area contributed by atoms with Gasteiger partial charge in [-0.05, 0) is 73.1 Å². The number of pyridine rings is 1. The molecule has 0 radical (unpaired) electrons. The number of benzene rings is 2. The van der Waals surface area contributed by atoms with E-state index in [-0.39, 0.29) is 0 Å². The van der Waals surface area contributed by atoms with Gasteiger partial charge in [-0.2, -0.15) is 0 Å². The molecule has 32 heavy (non-hydrogen) atoms. The summed E-state index contributed by atoms with van der Waals surface area (Å²) in [6.45, 7) is 9.61. The van der Waals surface area contributed by atoms with Crippen molar-refractivity contribution in [2.75, 3.05) is 25.5 Å². The molecule has 1 aliphatic heterocycles. The predicted octanol–water partition coefficient (Wildman–Crippen LogP) is 5.51. The molecule has 0 bridgehead atoms. The topological polar surface area (TPSA) is 64.0 Å². The van der Waals surface area contributed by atoms with Crippen molar-refractivity contribution < 1.29 is 0 Å². The van der Waals surface area contributed by atoms with Crippen molar-refractivity contribution in [2.24, 2.45) is 0 Å². The van der Waals surface area contributed by atoms with Crippen LogP contribution in [0.2, 0.25) is 0 Å². The first-order chi connectivity index (χ1) is 15.6. The van der Waals surface area contributed by atoms with E-state index in [2.05, 4.69) is 57.4 Å². The Balaban J connectivity index is 1.55. The fourth-order valence-electron chi connectivity index (χ4n) is 4.20. The van der Waals surface area contributed by atoms with Gasteiger partial charge in [-0.1, -0.05) is 36.9 Å². The van der Waals surface area contributed by atoms with Crippen LogP contribution in [0.25, 0.3) is 22.0 Å². The number of nitrogens with zero attached hydrogens (tertiary/aromatic N) is 2. The average molecular weight is 426 g/mol. The summed E-state index contributed by atoms with van der Waals surface area (Å²) in [7, 11) is 1.87. The van der Waals surface area contributed by atoms with Crippen LogP contribution in [0.3, 0.4) is 0 Å². The third kappa shape index (κ3) is 4.89. The van der Waals surface area contributed by atoms with Crippen LogP contribution in [0.5, 0.6) is 0 Å². The van der Waals surface area contributed by atoms with E-state index in [1.165, 1.54) is 37.7 Å². The maximum atomic E-state index is 7.79. The molecule has 3 N–H and O–H groups in total.